The van der Waals surface area contributed by atoms with Gasteiger partial charge in [-0.1, -0.05) is 126 Å². The highest BCUT2D eigenvalue weighted by atomic mass is 16.4. The first kappa shape index (κ1) is 30.4. The fraction of sp³-hybridized carbons (Fsp3) is 0.700. The van der Waals surface area contributed by atoms with Crippen LogP contribution >= 0.6 is 0 Å². The highest BCUT2D eigenvalue weighted by Crippen LogP contribution is 2.12. The van der Waals surface area contributed by atoms with Crippen molar-refractivity contribution in [1.29, 1.82) is 0 Å². The standard InChI is InChI=1S/C30H52O2/c1-2-3-4-5-6-7-8-9-10-11-12-13-14-15-16-17-18-19-20-21-22-23-24-25-26-27-28-29-30(31)32/h6-7,9-10,12-13,15-16H,2-5,8,11,14,17-29H2,1H3,(H,31,32)/b7-6-,10-9-,13-12-,16-15-. The van der Waals surface area contributed by atoms with Crippen LogP contribution in [0, 0.1) is 0 Å². The summed E-state index contributed by atoms with van der Waals surface area (Å²) in [6, 6.07) is 0. The van der Waals surface area contributed by atoms with Gasteiger partial charge in [0.2, 0.25) is 0 Å². The minimum Gasteiger partial charge on any atom is -0.481 e. The molecule has 0 aliphatic carbocycles. The Hall–Kier alpha value is -1.57. The van der Waals surface area contributed by atoms with E-state index in [0.717, 1.165) is 32.1 Å². The number of carboxylic acid groups (broad SMARTS) is 1. The first-order valence-corrected chi connectivity index (χ1v) is 13.6. The molecule has 0 amide bonds. The highest BCUT2D eigenvalue weighted by molar-refractivity contribution is 5.66. The van der Waals surface area contributed by atoms with Crippen molar-refractivity contribution in [2.45, 2.75) is 135 Å². The van der Waals surface area contributed by atoms with Crippen LogP contribution in [0.25, 0.3) is 0 Å². The van der Waals surface area contributed by atoms with Crippen LogP contribution in [0.4, 0.5) is 0 Å². The third kappa shape index (κ3) is 28.4. The monoisotopic (exact) mass is 444 g/mol. The van der Waals surface area contributed by atoms with Crippen molar-refractivity contribution in [3.63, 3.8) is 0 Å². The van der Waals surface area contributed by atoms with Crippen LogP contribution < -0.4 is 0 Å². The fourth-order valence-electron chi connectivity index (χ4n) is 3.69. The molecule has 0 bridgehead atoms. The average molecular weight is 445 g/mol. The summed E-state index contributed by atoms with van der Waals surface area (Å²) < 4.78 is 0. The minimum atomic E-state index is -0.659. The van der Waals surface area contributed by atoms with E-state index < -0.39 is 5.97 Å². The van der Waals surface area contributed by atoms with E-state index in [0.29, 0.717) is 6.42 Å². The van der Waals surface area contributed by atoms with Crippen molar-refractivity contribution in [1.82, 2.24) is 0 Å². The van der Waals surface area contributed by atoms with E-state index in [9.17, 15) is 4.79 Å². The van der Waals surface area contributed by atoms with Crippen molar-refractivity contribution in [3.05, 3.63) is 48.6 Å². The van der Waals surface area contributed by atoms with Gasteiger partial charge in [0.25, 0.3) is 0 Å². The van der Waals surface area contributed by atoms with Crippen LogP contribution in [0.3, 0.4) is 0 Å². The van der Waals surface area contributed by atoms with Gasteiger partial charge in [-0.15, -0.1) is 0 Å². The van der Waals surface area contributed by atoms with E-state index in [2.05, 4.69) is 55.5 Å². The molecule has 0 aliphatic rings. The zero-order valence-corrected chi connectivity index (χ0v) is 21.1. The molecule has 0 heterocycles. The van der Waals surface area contributed by atoms with Crippen LogP contribution in [0.15, 0.2) is 48.6 Å². The summed E-state index contributed by atoms with van der Waals surface area (Å²) in [5.74, 6) is -0.659. The zero-order chi connectivity index (χ0) is 23.4. The second-order valence-electron chi connectivity index (χ2n) is 8.91. The Balaban J connectivity index is 3.27. The topological polar surface area (TPSA) is 37.3 Å². The Kier molecular flexibility index (Phi) is 26.1. The minimum absolute atomic E-state index is 0.334. The second-order valence-corrected chi connectivity index (χ2v) is 8.91. The molecule has 0 fully saturated rings. The van der Waals surface area contributed by atoms with E-state index in [4.69, 9.17) is 5.11 Å². The number of unbranched alkanes of at least 4 members (excludes halogenated alkanes) is 14. The first-order chi connectivity index (χ1) is 15.8. The Morgan fingerprint density at radius 3 is 1.25 bits per heavy atom. The van der Waals surface area contributed by atoms with E-state index in [1.807, 2.05) is 0 Å². The van der Waals surface area contributed by atoms with E-state index in [1.54, 1.807) is 0 Å². The maximum atomic E-state index is 10.4. The molecule has 0 aromatic heterocycles. The van der Waals surface area contributed by atoms with Crippen molar-refractivity contribution >= 4 is 5.97 Å². The molecular weight excluding hydrogens is 392 g/mol. The zero-order valence-electron chi connectivity index (χ0n) is 21.1. The summed E-state index contributed by atoms with van der Waals surface area (Å²) in [6.07, 6.45) is 42.0. The van der Waals surface area contributed by atoms with Gasteiger partial charge in [0.05, 0.1) is 0 Å². The smallest absolute Gasteiger partial charge is 0.303 e. The largest absolute Gasteiger partial charge is 0.481 e. The van der Waals surface area contributed by atoms with Gasteiger partial charge < -0.3 is 5.11 Å². The van der Waals surface area contributed by atoms with Gasteiger partial charge >= 0.3 is 5.97 Å². The van der Waals surface area contributed by atoms with Crippen LogP contribution in [-0.2, 0) is 4.79 Å². The maximum absolute atomic E-state index is 10.4. The fourth-order valence-corrected chi connectivity index (χ4v) is 3.69. The number of hydrogen-bond acceptors (Lipinski definition) is 1. The molecule has 0 aromatic carbocycles. The molecule has 0 saturated heterocycles. The molecule has 2 heteroatoms. The predicted molar refractivity (Wildman–Crippen MR) is 142 cm³/mol. The lowest BCUT2D eigenvalue weighted by Gasteiger charge is -2.02. The quantitative estimate of drug-likeness (QED) is 0.119. The Bertz CT molecular complexity index is 499. The van der Waals surface area contributed by atoms with Crippen molar-refractivity contribution in [3.8, 4) is 0 Å². The van der Waals surface area contributed by atoms with Gasteiger partial charge in [-0.3, -0.25) is 4.79 Å². The normalized spacial score (nSPS) is 12.3. The summed E-state index contributed by atoms with van der Waals surface area (Å²) in [7, 11) is 0. The van der Waals surface area contributed by atoms with Gasteiger partial charge in [-0.25, -0.2) is 0 Å². The average Bonchev–Trinajstić information content (AvgIpc) is 2.78. The molecule has 1 N–H and O–H groups in total. The van der Waals surface area contributed by atoms with E-state index in [-0.39, 0.29) is 0 Å². The van der Waals surface area contributed by atoms with E-state index >= 15 is 0 Å². The molecule has 184 valence electrons. The number of allylic oxidation sites excluding steroid dienone is 8. The Labute approximate surface area is 200 Å². The van der Waals surface area contributed by atoms with Gasteiger partial charge in [0, 0.05) is 6.42 Å². The molecule has 2 nitrogen and oxygen atoms in total. The van der Waals surface area contributed by atoms with Crippen LogP contribution in [0.1, 0.15) is 135 Å². The van der Waals surface area contributed by atoms with Crippen molar-refractivity contribution in [2.75, 3.05) is 0 Å². The molecule has 0 rings (SSSR count). The Morgan fingerprint density at radius 1 is 0.500 bits per heavy atom. The van der Waals surface area contributed by atoms with Crippen LogP contribution in [0.2, 0.25) is 0 Å². The summed E-state index contributed by atoms with van der Waals surface area (Å²) in [4.78, 5) is 10.4. The van der Waals surface area contributed by atoms with Crippen LogP contribution in [-0.4, -0.2) is 11.1 Å². The molecule has 0 atom stereocenters. The van der Waals surface area contributed by atoms with Gasteiger partial charge in [0.15, 0.2) is 0 Å². The number of carbonyl (C=O) groups is 1. The number of rotatable bonds is 24. The summed E-state index contributed by atoms with van der Waals surface area (Å²) >= 11 is 0. The van der Waals surface area contributed by atoms with E-state index in [1.165, 1.54) is 89.9 Å². The number of aliphatic carboxylic acids is 1. The predicted octanol–water partition coefficient (Wildman–Crippen LogP) is 10.1. The molecule has 0 radical (unpaired) electrons. The summed E-state index contributed by atoms with van der Waals surface area (Å²) in [6.45, 7) is 2.25. The molecule has 32 heavy (non-hydrogen) atoms. The molecule has 0 aromatic rings. The third-order valence-electron chi connectivity index (χ3n) is 5.72. The Morgan fingerprint density at radius 2 is 0.844 bits per heavy atom. The van der Waals surface area contributed by atoms with Gasteiger partial charge in [0.1, 0.15) is 0 Å². The summed E-state index contributed by atoms with van der Waals surface area (Å²) in [5, 5.41) is 8.60. The summed E-state index contributed by atoms with van der Waals surface area (Å²) in [5.41, 5.74) is 0. The lowest BCUT2D eigenvalue weighted by Crippen LogP contribution is -1.93. The second kappa shape index (κ2) is 27.5. The lowest BCUT2D eigenvalue weighted by molar-refractivity contribution is -0.137. The molecule has 0 saturated carbocycles. The molecule has 0 unspecified atom stereocenters. The highest BCUT2D eigenvalue weighted by Gasteiger charge is 1.96. The maximum Gasteiger partial charge on any atom is 0.303 e. The van der Waals surface area contributed by atoms with Crippen molar-refractivity contribution in [2.24, 2.45) is 0 Å². The molecule has 0 aliphatic heterocycles. The van der Waals surface area contributed by atoms with Gasteiger partial charge in [-0.05, 0) is 51.4 Å². The lowest BCUT2D eigenvalue weighted by atomic mass is 10.0. The van der Waals surface area contributed by atoms with Crippen molar-refractivity contribution < 1.29 is 9.90 Å². The molecule has 0 spiro atoms. The number of hydrogen-bond donors (Lipinski definition) is 1. The van der Waals surface area contributed by atoms with Gasteiger partial charge in [-0.2, -0.15) is 0 Å². The SMILES string of the molecule is CCCCC/C=C\C/C=C\C/C=C\C/C=C\CCCCCCCCCCCCCC(=O)O. The first-order valence-electron chi connectivity index (χ1n) is 13.6. The third-order valence-corrected chi connectivity index (χ3v) is 5.72. The van der Waals surface area contributed by atoms with Crippen LogP contribution in [0.5, 0.6) is 0 Å². The number of carboxylic acids is 1. The molecular formula is C30H52O2.